The summed E-state index contributed by atoms with van der Waals surface area (Å²) < 4.78 is 0.0231. The Kier molecular flexibility index (Phi) is 63.6. The van der Waals surface area contributed by atoms with Crippen molar-refractivity contribution in [1.29, 1.82) is 0 Å². The average molecular weight is 2000 g/mol. The van der Waals surface area contributed by atoms with E-state index >= 15 is 0 Å². The highest BCUT2D eigenvalue weighted by atomic mass is 79.9. The minimum absolute atomic E-state index is 0.00671. The molecule has 0 spiro atoms. The number of alkyl halides is 2. The van der Waals surface area contributed by atoms with E-state index < -0.39 is 0 Å². The molecule has 0 aliphatic carbocycles. The molecule has 6 amide bonds. The van der Waals surface area contributed by atoms with Gasteiger partial charge in [-0.05, 0) is 359 Å². The monoisotopic (exact) mass is 2000 g/mol. The zero-order chi connectivity index (χ0) is 98.8. The van der Waals surface area contributed by atoms with Crippen molar-refractivity contribution >= 4 is 128 Å². The Morgan fingerprint density at radius 2 is 0.519 bits per heavy atom. The zero-order valence-corrected chi connectivity index (χ0v) is 89.4. The van der Waals surface area contributed by atoms with E-state index in [1.54, 1.807) is 0 Å². The van der Waals surface area contributed by atoms with Gasteiger partial charge in [-0.3, -0.25) is 48.3 Å². The van der Waals surface area contributed by atoms with Crippen molar-refractivity contribution in [2.45, 2.75) is 316 Å². The van der Waals surface area contributed by atoms with Crippen LogP contribution in [0.1, 0.15) is 257 Å². The van der Waals surface area contributed by atoms with Crippen LogP contribution in [-0.4, -0.2) is 160 Å². The number of unbranched alkanes of at least 4 members (excludes halogenated alkanes) is 3. The zero-order valence-electron chi connectivity index (χ0n) is 84.6. The molecule has 131 heavy (non-hydrogen) atoms. The number of nitrogens with one attached hydrogen (secondary N) is 8. The summed E-state index contributed by atoms with van der Waals surface area (Å²) in [5, 5.41) is 25.4. The molecule has 7 rings (SSSR count). The molecule has 0 saturated carbocycles. The number of anilines is 7. The molecular weight excluding hydrogens is 1830 g/mol. The fourth-order valence-electron chi connectivity index (χ4n) is 15.1. The highest BCUT2D eigenvalue weighted by Gasteiger charge is 2.29. The molecule has 0 radical (unpaired) electrons. The standard InChI is InChI=1S/C34H54N4O2.C28H42N4O2.C17H28N2O.C12H16BrNO.C8H11N.C4H6Br2O.C4H12N2/c1-9-21-37(29(11-3)33(39)35-31-25(5)17-15-18-26(31)6)23-13-14-24-38(22-10-2)30(12-4)34(40)36-32-27(7)19-16-20-28(32)8;1-7-23(27(33)31-25-19(3)13-11-14-20(25)4)29-17-9-10-18-30-24(8-2)28(34)32-26-21(5)15-12-16-22(26)6;1-6-12-19(8-3)15(7-2)17(20)18-16-13(4)10-9-11-14(16)5;1-4-10(13)12(15)14-11-8(2)6-5-7-9(11)3;1-6-4-3-5-7(2)8(6)9;1-2-3(5)4(6)7;5-3-1-2-4-6/h15-20,29-30H,9-14,21-24H2,1-8H3,(H,35,39)(H,36,40);11-16,23-24,29-30H,7-10,17-18H2,1-6H3,(H,31,33)(H,32,34);9-11,15H,6-8,12H2,1-5H3,(H,18,20);5-7,10H,4H2,1-3H3,(H,14,15);3-5H,9H2,1-2H3;3H,2H2,1H3;1-6H2. The summed E-state index contributed by atoms with van der Waals surface area (Å²) in [7, 11) is 0. The Balaban J connectivity index is 0.000000840. The molecule has 7 aromatic rings. The topological polar surface area (TPSA) is 304 Å². The number of nitrogens with two attached hydrogens (primary N) is 3. The molecule has 0 bridgehead atoms. The van der Waals surface area contributed by atoms with E-state index in [2.05, 4.69) is 153 Å². The van der Waals surface area contributed by atoms with Gasteiger partial charge in [0, 0.05) is 39.8 Å². The van der Waals surface area contributed by atoms with Crippen LogP contribution in [0.4, 0.5) is 39.8 Å². The summed E-state index contributed by atoms with van der Waals surface area (Å²) in [6, 6.07) is 41.6. The smallest absolute Gasteiger partial charge is 0.241 e. The molecule has 21 nitrogen and oxygen atoms in total. The van der Waals surface area contributed by atoms with Crippen molar-refractivity contribution in [1.82, 2.24) is 25.3 Å². The van der Waals surface area contributed by atoms with Crippen LogP contribution in [0.2, 0.25) is 0 Å². The lowest BCUT2D eigenvalue weighted by atomic mass is 10.1. The second-order valence-corrected chi connectivity index (χ2v) is 36.9. The molecule has 0 aliphatic rings. The summed E-state index contributed by atoms with van der Waals surface area (Å²) >= 11 is 9.30. The van der Waals surface area contributed by atoms with Gasteiger partial charge in [-0.2, -0.15) is 0 Å². The Morgan fingerprint density at radius 1 is 0.290 bits per heavy atom. The van der Waals surface area contributed by atoms with Crippen molar-refractivity contribution in [3.05, 3.63) is 205 Å². The Labute approximate surface area is 816 Å². The molecule has 24 heteroatoms. The van der Waals surface area contributed by atoms with Crippen LogP contribution >= 0.6 is 47.8 Å². The van der Waals surface area contributed by atoms with Gasteiger partial charge in [0.05, 0.1) is 39.9 Å². The molecule has 7 aromatic carbocycles. The van der Waals surface area contributed by atoms with Crippen molar-refractivity contribution in [2.75, 3.05) is 103 Å². The average Bonchev–Trinajstić information content (AvgIpc) is 0.843. The van der Waals surface area contributed by atoms with Crippen LogP contribution in [0.5, 0.6) is 0 Å². The lowest BCUT2D eigenvalue weighted by molar-refractivity contribution is -0.122. The predicted molar refractivity (Wildman–Crippen MR) is 571 cm³/mol. The van der Waals surface area contributed by atoms with Crippen LogP contribution in [0.3, 0.4) is 0 Å². The van der Waals surface area contributed by atoms with E-state index in [0.717, 1.165) is 286 Å². The first-order chi connectivity index (χ1) is 62.4. The quantitative estimate of drug-likeness (QED) is 0.00732. The number of hydrogen-bond acceptors (Lipinski definition) is 15. The first kappa shape index (κ1) is 121. The molecule has 0 saturated heterocycles. The van der Waals surface area contributed by atoms with Crippen LogP contribution in [0.25, 0.3) is 0 Å². The van der Waals surface area contributed by atoms with Crippen molar-refractivity contribution in [3.63, 3.8) is 0 Å². The summed E-state index contributed by atoms with van der Waals surface area (Å²) in [4.78, 5) is 93.6. The molecule has 14 N–H and O–H groups in total. The normalized spacial score (nSPS) is 12.4. The number of rotatable bonds is 45. The first-order valence-electron chi connectivity index (χ1n) is 48.0. The SMILES string of the molecule is CCC(Br)C(=O)Br.CCC(Br)C(=O)Nc1c(C)cccc1C.CCC(NCCCCNC(CC)C(=O)Nc1c(C)cccc1C)C(=O)Nc1c(C)cccc1C.CCCN(CC)C(CC)C(=O)Nc1c(C)cccc1C.CCCN(CCCCN(CCC)C(CC)C(=O)Nc1c(C)cccc1C)C(CC)C(=O)Nc1c(C)cccc1C.Cc1cccc(C)c1N.NCCCCN. The minimum Gasteiger partial charge on any atom is -0.398 e. The van der Waals surface area contributed by atoms with Crippen LogP contribution in [0, 0.1) is 96.9 Å². The third kappa shape index (κ3) is 44.8. The molecule has 0 fully saturated rings. The maximum absolute atomic E-state index is 13.4. The van der Waals surface area contributed by atoms with Gasteiger partial charge in [-0.1, -0.05) is 235 Å². The third-order valence-electron chi connectivity index (χ3n) is 23.1. The number of hydrogen-bond donors (Lipinski definition) is 11. The largest absolute Gasteiger partial charge is 0.398 e. The number of carbonyl (C=O) groups is 7. The molecule has 0 aromatic heterocycles. The van der Waals surface area contributed by atoms with Gasteiger partial charge < -0.3 is 59.7 Å². The van der Waals surface area contributed by atoms with E-state index in [-0.39, 0.29) is 80.0 Å². The van der Waals surface area contributed by atoms with Crippen LogP contribution in [0.15, 0.2) is 127 Å². The number of nitrogens with zero attached hydrogens (tertiary/aromatic N) is 3. The second kappa shape index (κ2) is 68.9. The van der Waals surface area contributed by atoms with Gasteiger partial charge in [0.1, 0.15) is 0 Å². The molecule has 0 aliphatic heterocycles. The lowest BCUT2D eigenvalue weighted by Crippen LogP contribution is -2.46. The Hall–Kier alpha value is -8.01. The van der Waals surface area contributed by atoms with Gasteiger partial charge in [0.2, 0.25) is 40.1 Å². The van der Waals surface area contributed by atoms with Crippen LogP contribution in [-0.2, 0) is 33.6 Å². The van der Waals surface area contributed by atoms with Gasteiger partial charge >= 0.3 is 0 Å². The van der Waals surface area contributed by atoms with E-state index in [9.17, 15) is 33.6 Å². The minimum atomic E-state index is -0.224. The maximum atomic E-state index is 13.4. The lowest BCUT2D eigenvalue weighted by Gasteiger charge is -2.32. The number of carbonyl (C=O) groups excluding carboxylic acids is 7. The van der Waals surface area contributed by atoms with Gasteiger partial charge in [-0.25, -0.2) is 0 Å². The number of aryl methyl sites for hydroxylation is 14. The van der Waals surface area contributed by atoms with Gasteiger partial charge in [0.25, 0.3) is 0 Å². The molecule has 730 valence electrons. The van der Waals surface area contributed by atoms with E-state index in [1.165, 1.54) is 0 Å². The summed E-state index contributed by atoms with van der Waals surface area (Å²) in [5.74, 6) is 0.305. The second-order valence-electron chi connectivity index (χ2n) is 33.9. The molecule has 7 atom stereocenters. The Morgan fingerprint density at radius 3 is 0.718 bits per heavy atom. The number of halogens is 3. The summed E-state index contributed by atoms with van der Waals surface area (Å²) in [6.07, 6.45) is 14.5. The first-order valence-corrected chi connectivity index (χ1v) is 50.6. The Bertz CT molecular complexity index is 4200. The fraction of sp³-hybridized carbons (Fsp3) is 0.542. The summed E-state index contributed by atoms with van der Waals surface area (Å²) in [5.41, 5.74) is 37.9. The number of nitrogen functional groups attached to an aromatic ring is 1. The van der Waals surface area contributed by atoms with Crippen molar-refractivity contribution in [2.24, 2.45) is 11.5 Å². The predicted octanol–water partition coefficient (Wildman–Crippen LogP) is 23.1. The number of likely N-dealkylation sites (N-methyl/N-ethyl adjacent to an activating group) is 1. The molecule has 0 heterocycles. The van der Waals surface area contributed by atoms with E-state index in [4.69, 9.17) is 17.2 Å². The van der Waals surface area contributed by atoms with Crippen molar-refractivity contribution in [3.8, 4) is 0 Å². The van der Waals surface area contributed by atoms with Gasteiger partial charge in [0.15, 0.2) is 0 Å². The molecular formula is C107H169Br3N14O7. The van der Waals surface area contributed by atoms with E-state index in [0.29, 0.717) is 0 Å². The maximum Gasteiger partial charge on any atom is 0.241 e. The van der Waals surface area contributed by atoms with Gasteiger partial charge in [-0.15, -0.1) is 0 Å². The van der Waals surface area contributed by atoms with Crippen LogP contribution < -0.4 is 59.7 Å². The molecule has 7 unspecified atom stereocenters. The fourth-order valence-corrected chi connectivity index (χ4v) is 15.6. The number of amides is 6. The highest BCUT2D eigenvalue weighted by Crippen LogP contribution is 2.28. The summed E-state index contributed by atoms with van der Waals surface area (Å²) in [6.45, 7) is 59.6. The van der Waals surface area contributed by atoms with Crippen molar-refractivity contribution < 1.29 is 33.6 Å². The number of para-hydroxylation sites is 7. The third-order valence-corrected chi connectivity index (χ3v) is 26.4. The highest BCUT2D eigenvalue weighted by molar-refractivity contribution is 9.20. The van der Waals surface area contributed by atoms with E-state index in [1.807, 2.05) is 252 Å². The number of benzene rings is 7.